The average molecular weight is 546 g/mol. The van der Waals surface area contributed by atoms with E-state index >= 15 is 0 Å². The van der Waals surface area contributed by atoms with Crippen molar-refractivity contribution in [3.05, 3.63) is 70.5 Å². The van der Waals surface area contributed by atoms with Crippen LogP contribution in [0, 0.1) is 11.7 Å². The van der Waals surface area contributed by atoms with E-state index in [0.717, 1.165) is 24.3 Å². The first-order valence-electron chi connectivity index (χ1n) is 12.0. The monoisotopic (exact) mass is 546 g/mol. The zero-order valence-corrected chi connectivity index (χ0v) is 20.1. The Morgan fingerprint density at radius 3 is 2.26 bits per heavy atom. The molecule has 5 nitrogen and oxygen atoms in total. The quantitative estimate of drug-likeness (QED) is 0.457. The third-order valence-corrected chi connectivity index (χ3v) is 7.02. The van der Waals surface area contributed by atoms with E-state index < -0.39 is 65.3 Å². The normalized spacial score (nSPS) is 21.8. The first kappa shape index (κ1) is 27.9. The summed E-state index contributed by atoms with van der Waals surface area (Å²) in [6, 6.07) is 4.19. The lowest BCUT2D eigenvalue weighted by atomic mass is 9.99. The second kappa shape index (κ2) is 10.2. The van der Waals surface area contributed by atoms with Gasteiger partial charge in [-0.05, 0) is 68.4 Å². The van der Waals surface area contributed by atoms with Crippen molar-refractivity contribution in [2.24, 2.45) is 5.92 Å². The molecule has 1 heterocycles. The molecule has 12 heteroatoms. The average Bonchev–Trinajstić information content (AvgIpc) is 3.61. The van der Waals surface area contributed by atoms with Crippen LogP contribution in [0.15, 0.2) is 42.5 Å². The van der Waals surface area contributed by atoms with Crippen molar-refractivity contribution in [1.82, 2.24) is 10.2 Å². The van der Waals surface area contributed by atoms with Crippen LogP contribution in [0.1, 0.15) is 71.8 Å². The number of benzene rings is 2. The van der Waals surface area contributed by atoms with Crippen LogP contribution in [0.2, 0.25) is 0 Å². The van der Waals surface area contributed by atoms with E-state index in [1.54, 1.807) is 6.92 Å². The zero-order chi connectivity index (χ0) is 28.0. The summed E-state index contributed by atoms with van der Waals surface area (Å²) in [6.45, 7) is 1.67. The van der Waals surface area contributed by atoms with Crippen LogP contribution in [0.3, 0.4) is 0 Å². The summed E-state index contributed by atoms with van der Waals surface area (Å²) in [7, 11) is 0. The molecule has 0 bridgehead atoms. The summed E-state index contributed by atoms with van der Waals surface area (Å²) < 4.78 is 92.5. The minimum atomic E-state index is -4.93. The molecule has 38 heavy (non-hydrogen) atoms. The topological polar surface area (TPSA) is 69.6 Å². The van der Waals surface area contributed by atoms with Crippen molar-refractivity contribution < 1.29 is 45.4 Å². The number of alkyl halides is 6. The molecule has 2 N–H and O–H groups in total. The van der Waals surface area contributed by atoms with Crippen LogP contribution < -0.4 is 5.32 Å². The number of aliphatic hydroxyl groups excluding tert-OH is 1. The molecule has 4 rings (SSSR count). The second-order valence-electron chi connectivity index (χ2n) is 9.78. The highest BCUT2D eigenvalue weighted by molar-refractivity contribution is 5.98. The number of aliphatic hydroxyl groups is 1. The van der Waals surface area contributed by atoms with E-state index in [1.165, 1.54) is 17.0 Å². The van der Waals surface area contributed by atoms with Crippen LogP contribution in [-0.2, 0) is 11.0 Å². The molecule has 2 amide bonds. The molecule has 1 saturated heterocycles. The fourth-order valence-electron chi connectivity index (χ4n) is 4.85. The van der Waals surface area contributed by atoms with Gasteiger partial charge in [0.05, 0.1) is 11.6 Å². The summed E-state index contributed by atoms with van der Waals surface area (Å²) in [5, 5.41) is 12.3. The molecule has 4 atom stereocenters. The predicted molar refractivity (Wildman–Crippen MR) is 121 cm³/mol. The van der Waals surface area contributed by atoms with Crippen LogP contribution >= 0.6 is 0 Å². The van der Waals surface area contributed by atoms with Gasteiger partial charge >= 0.3 is 12.4 Å². The van der Waals surface area contributed by atoms with Crippen LogP contribution in [0.5, 0.6) is 0 Å². The lowest BCUT2D eigenvalue weighted by molar-refractivity contribution is -0.206. The van der Waals surface area contributed by atoms with E-state index in [-0.39, 0.29) is 23.5 Å². The summed E-state index contributed by atoms with van der Waals surface area (Å²) in [5.41, 5.74) is -1.92. The van der Waals surface area contributed by atoms with Crippen molar-refractivity contribution in [2.45, 2.75) is 69.2 Å². The van der Waals surface area contributed by atoms with E-state index in [9.17, 15) is 45.4 Å². The van der Waals surface area contributed by atoms with Gasteiger partial charge < -0.3 is 15.3 Å². The number of hydrogen-bond acceptors (Lipinski definition) is 3. The van der Waals surface area contributed by atoms with Gasteiger partial charge in [-0.3, -0.25) is 9.59 Å². The third kappa shape index (κ3) is 5.79. The van der Waals surface area contributed by atoms with Crippen molar-refractivity contribution in [3.63, 3.8) is 0 Å². The van der Waals surface area contributed by atoms with E-state index in [2.05, 4.69) is 5.32 Å². The van der Waals surface area contributed by atoms with Crippen LogP contribution in [0.25, 0.3) is 0 Å². The van der Waals surface area contributed by atoms with Gasteiger partial charge in [-0.15, -0.1) is 0 Å². The van der Waals surface area contributed by atoms with E-state index in [4.69, 9.17) is 0 Å². The van der Waals surface area contributed by atoms with Gasteiger partial charge in [0.25, 0.3) is 5.91 Å². The lowest BCUT2D eigenvalue weighted by Crippen LogP contribution is -2.49. The summed E-state index contributed by atoms with van der Waals surface area (Å²) in [4.78, 5) is 27.8. The Bertz CT molecular complexity index is 1210. The van der Waals surface area contributed by atoms with E-state index in [0.29, 0.717) is 25.3 Å². The Hall–Kier alpha value is -3.15. The standard InChI is InChI=1S/C26H25F7N2O3/c1-13-5-10-20(35(13)24(38)16-4-2-3-15(11-16)22(36)26(31,32)33)23(37)34-21(14-6-7-14)18-9-8-17(12-19(18)27)25(28,29)30/h2-4,8-9,11-14,20-22,36H,5-7,10H2,1H3,(H,34,37)/t13-,20-,21-,22?/m1/s1. The van der Waals surface area contributed by atoms with Gasteiger partial charge in [-0.1, -0.05) is 18.2 Å². The maximum absolute atomic E-state index is 14.7. The Kier molecular flexibility index (Phi) is 7.48. The molecular formula is C26H25F7N2O3. The SMILES string of the molecule is C[C@@H]1CC[C@H](C(=O)N[C@@H](c2ccc(C(F)(F)F)cc2F)C2CC2)N1C(=O)c1cccc(C(O)C(F)(F)F)c1. The highest BCUT2D eigenvalue weighted by Gasteiger charge is 2.43. The molecule has 2 aromatic carbocycles. The summed E-state index contributed by atoms with van der Waals surface area (Å²) in [6.07, 6.45) is -10.5. The Morgan fingerprint density at radius 1 is 1.00 bits per heavy atom. The highest BCUT2D eigenvalue weighted by atomic mass is 19.4. The molecular weight excluding hydrogens is 521 g/mol. The zero-order valence-electron chi connectivity index (χ0n) is 20.1. The Morgan fingerprint density at radius 2 is 1.68 bits per heavy atom. The van der Waals surface area contributed by atoms with Gasteiger partial charge in [0.15, 0.2) is 6.10 Å². The molecule has 206 valence electrons. The highest BCUT2D eigenvalue weighted by Crippen LogP contribution is 2.43. The summed E-state index contributed by atoms with van der Waals surface area (Å²) in [5.74, 6) is -2.64. The first-order chi connectivity index (χ1) is 17.7. The van der Waals surface area contributed by atoms with Crippen molar-refractivity contribution in [3.8, 4) is 0 Å². The first-order valence-corrected chi connectivity index (χ1v) is 12.0. The fourth-order valence-corrected chi connectivity index (χ4v) is 4.85. The molecule has 0 aromatic heterocycles. The van der Waals surface area contributed by atoms with Crippen LogP contribution in [0.4, 0.5) is 30.7 Å². The number of carbonyl (C=O) groups is 2. The molecule has 0 radical (unpaired) electrons. The lowest BCUT2D eigenvalue weighted by Gasteiger charge is -2.30. The number of nitrogens with one attached hydrogen (secondary N) is 1. The molecule has 1 unspecified atom stereocenters. The molecule has 1 saturated carbocycles. The van der Waals surface area contributed by atoms with Gasteiger partial charge in [0.1, 0.15) is 11.9 Å². The molecule has 1 aliphatic heterocycles. The number of nitrogens with zero attached hydrogens (tertiary/aromatic N) is 1. The van der Waals surface area contributed by atoms with Gasteiger partial charge in [0, 0.05) is 17.2 Å². The smallest absolute Gasteiger partial charge is 0.379 e. The maximum atomic E-state index is 14.7. The number of halogens is 7. The fraction of sp³-hybridized carbons (Fsp3) is 0.462. The third-order valence-electron chi connectivity index (χ3n) is 7.02. The number of hydrogen-bond donors (Lipinski definition) is 2. The van der Waals surface area contributed by atoms with Crippen molar-refractivity contribution in [2.75, 3.05) is 0 Å². The molecule has 1 aliphatic carbocycles. The number of amides is 2. The summed E-state index contributed by atoms with van der Waals surface area (Å²) >= 11 is 0. The molecule has 0 spiro atoms. The Balaban J connectivity index is 1.56. The molecule has 2 aliphatic rings. The number of rotatable bonds is 6. The second-order valence-corrected chi connectivity index (χ2v) is 9.78. The minimum Gasteiger partial charge on any atom is -0.379 e. The number of carbonyl (C=O) groups excluding carboxylic acids is 2. The Labute approximate surface area is 213 Å². The van der Waals surface area contributed by atoms with Gasteiger partial charge in [-0.2, -0.15) is 26.3 Å². The number of likely N-dealkylation sites (tertiary alicyclic amines) is 1. The van der Waals surface area contributed by atoms with E-state index in [1.807, 2.05) is 0 Å². The minimum absolute atomic E-state index is 0.0911. The predicted octanol–water partition coefficient (Wildman–Crippen LogP) is 5.70. The molecule has 2 fully saturated rings. The van der Waals surface area contributed by atoms with Crippen molar-refractivity contribution in [1.29, 1.82) is 0 Å². The van der Waals surface area contributed by atoms with Crippen LogP contribution in [-0.4, -0.2) is 40.1 Å². The van der Waals surface area contributed by atoms with Gasteiger partial charge in [-0.25, -0.2) is 4.39 Å². The largest absolute Gasteiger partial charge is 0.418 e. The van der Waals surface area contributed by atoms with Crippen molar-refractivity contribution >= 4 is 11.8 Å². The van der Waals surface area contributed by atoms with Gasteiger partial charge in [0.2, 0.25) is 5.91 Å². The maximum Gasteiger partial charge on any atom is 0.418 e. The molecule has 2 aromatic rings.